The first kappa shape index (κ1) is 15.2. The summed E-state index contributed by atoms with van der Waals surface area (Å²) in [4.78, 5) is 14.0. The minimum Gasteiger partial charge on any atom is -0.341 e. The van der Waals surface area contributed by atoms with Gasteiger partial charge in [-0.25, -0.2) is 0 Å². The number of hydrogen-bond donors (Lipinski definition) is 1. The van der Waals surface area contributed by atoms with Gasteiger partial charge < -0.3 is 10.6 Å². The van der Waals surface area contributed by atoms with Gasteiger partial charge in [-0.05, 0) is 17.5 Å². The minimum absolute atomic E-state index is 0.0995. The fourth-order valence-corrected chi connectivity index (χ4v) is 2.31. The predicted molar refractivity (Wildman–Crippen MR) is 78.0 cm³/mol. The number of amides is 1. The van der Waals surface area contributed by atoms with E-state index >= 15 is 0 Å². The monoisotopic (exact) mass is 312 g/mol. The summed E-state index contributed by atoms with van der Waals surface area (Å²) in [5.74, 6) is 0.282. The lowest BCUT2D eigenvalue weighted by Gasteiger charge is -2.25. The van der Waals surface area contributed by atoms with Gasteiger partial charge in [0.1, 0.15) is 0 Å². The molecule has 1 aromatic carbocycles. The van der Waals surface area contributed by atoms with Gasteiger partial charge in [-0.1, -0.05) is 48.0 Å². The Labute approximate surface area is 117 Å². The number of hydrogen-bond acceptors (Lipinski definition) is 2. The second kappa shape index (κ2) is 6.90. The molecule has 0 saturated carbocycles. The normalized spacial score (nSPS) is 12.6. The summed E-state index contributed by atoms with van der Waals surface area (Å²) in [6, 6.07) is 7.94. The first-order chi connectivity index (χ1) is 8.47. The van der Waals surface area contributed by atoms with E-state index in [1.165, 1.54) is 0 Å². The molecular formula is C14H21BrN2O. The third-order valence-electron chi connectivity index (χ3n) is 3.12. The van der Waals surface area contributed by atoms with Crippen LogP contribution in [0, 0.1) is 11.8 Å². The van der Waals surface area contributed by atoms with Gasteiger partial charge >= 0.3 is 0 Å². The van der Waals surface area contributed by atoms with Crippen molar-refractivity contribution in [3.8, 4) is 0 Å². The van der Waals surface area contributed by atoms with Crippen LogP contribution in [0.4, 0.5) is 0 Å². The van der Waals surface area contributed by atoms with Crippen LogP contribution in [-0.4, -0.2) is 24.4 Å². The predicted octanol–water partition coefficient (Wildman–Crippen LogP) is 2.64. The van der Waals surface area contributed by atoms with Crippen LogP contribution in [0.2, 0.25) is 0 Å². The lowest BCUT2D eigenvalue weighted by Crippen LogP contribution is -2.38. The number of rotatable bonds is 5. The van der Waals surface area contributed by atoms with Gasteiger partial charge in [0.15, 0.2) is 0 Å². The summed E-state index contributed by atoms with van der Waals surface area (Å²) < 4.78 is 1.03. The average Bonchev–Trinajstić information content (AvgIpc) is 2.32. The second-order valence-corrected chi connectivity index (χ2v) is 5.73. The molecule has 1 amide bonds. The maximum Gasteiger partial charge on any atom is 0.227 e. The Morgan fingerprint density at radius 3 is 2.50 bits per heavy atom. The van der Waals surface area contributed by atoms with Gasteiger partial charge in [-0.2, -0.15) is 0 Å². The molecule has 0 bridgehead atoms. The number of benzene rings is 1. The number of nitrogens with zero attached hydrogens (tertiary/aromatic N) is 1. The summed E-state index contributed by atoms with van der Waals surface area (Å²) >= 11 is 3.49. The van der Waals surface area contributed by atoms with Crippen LogP contribution in [-0.2, 0) is 11.3 Å². The van der Waals surface area contributed by atoms with Crippen LogP contribution in [0.1, 0.15) is 19.4 Å². The third-order valence-corrected chi connectivity index (χ3v) is 3.89. The topological polar surface area (TPSA) is 46.3 Å². The van der Waals surface area contributed by atoms with E-state index in [1.807, 2.05) is 45.2 Å². The molecule has 0 aliphatic rings. The van der Waals surface area contributed by atoms with Gasteiger partial charge in [0.05, 0.1) is 5.92 Å². The lowest BCUT2D eigenvalue weighted by atomic mass is 9.94. The molecular weight excluding hydrogens is 292 g/mol. The molecule has 1 aromatic rings. The highest BCUT2D eigenvalue weighted by atomic mass is 79.9. The standard InChI is InChI=1S/C14H21BrN2O/c1-10(2)12(8-16)14(18)17(3)9-11-6-4-5-7-13(11)15/h4-7,10,12H,8-9,16H2,1-3H3. The van der Waals surface area contributed by atoms with Crippen molar-refractivity contribution in [1.29, 1.82) is 0 Å². The van der Waals surface area contributed by atoms with E-state index in [9.17, 15) is 4.79 Å². The molecule has 0 aromatic heterocycles. The highest BCUT2D eigenvalue weighted by Crippen LogP contribution is 2.19. The average molecular weight is 313 g/mol. The SMILES string of the molecule is CC(C)C(CN)C(=O)N(C)Cc1ccccc1Br. The number of halogens is 1. The van der Waals surface area contributed by atoms with Crippen LogP contribution >= 0.6 is 15.9 Å². The summed E-state index contributed by atoms with van der Waals surface area (Å²) in [5.41, 5.74) is 6.78. The first-order valence-electron chi connectivity index (χ1n) is 6.15. The van der Waals surface area contributed by atoms with E-state index in [0.717, 1.165) is 10.0 Å². The summed E-state index contributed by atoms with van der Waals surface area (Å²) in [6.45, 7) is 5.06. The van der Waals surface area contributed by atoms with Crippen LogP contribution in [0.15, 0.2) is 28.7 Å². The maximum absolute atomic E-state index is 12.3. The molecule has 0 aliphatic heterocycles. The molecule has 0 fully saturated rings. The van der Waals surface area contributed by atoms with E-state index in [0.29, 0.717) is 13.1 Å². The Morgan fingerprint density at radius 1 is 1.39 bits per heavy atom. The zero-order chi connectivity index (χ0) is 13.7. The molecule has 1 unspecified atom stereocenters. The Bertz CT molecular complexity index is 407. The zero-order valence-electron chi connectivity index (χ0n) is 11.2. The molecule has 0 heterocycles. The molecule has 3 nitrogen and oxygen atoms in total. The molecule has 0 spiro atoms. The van der Waals surface area contributed by atoms with E-state index < -0.39 is 0 Å². The van der Waals surface area contributed by atoms with Gasteiger partial charge in [-0.15, -0.1) is 0 Å². The summed E-state index contributed by atoms with van der Waals surface area (Å²) in [7, 11) is 1.83. The fourth-order valence-electron chi connectivity index (χ4n) is 1.90. The maximum atomic E-state index is 12.3. The number of carbonyl (C=O) groups excluding carboxylic acids is 1. The lowest BCUT2D eigenvalue weighted by molar-refractivity contribution is -0.135. The van der Waals surface area contributed by atoms with E-state index in [4.69, 9.17) is 5.73 Å². The van der Waals surface area contributed by atoms with Crippen LogP contribution in [0.5, 0.6) is 0 Å². The molecule has 1 rings (SSSR count). The molecule has 2 N–H and O–H groups in total. The van der Waals surface area contributed by atoms with E-state index in [-0.39, 0.29) is 17.7 Å². The quantitative estimate of drug-likeness (QED) is 0.908. The fraction of sp³-hybridized carbons (Fsp3) is 0.500. The van der Waals surface area contributed by atoms with Gasteiger partial charge in [-0.3, -0.25) is 4.79 Å². The molecule has 0 saturated heterocycles. The Morgan fingerprint density at radius 2 is 2.00 bits per heavy atom. The molecule has 0 aliphatic carbocycles. The van der Waals surface area contributed by atoms with Crippen molar-refractivity contribution in [1.82, 2.24) is 4.90 Å². The molecule has 0 radical (unpaired) electrons. The first-order valence-corrected chi connectivity index (χ1v) is 6.95. The van der Waals surface area contributed by atoms with Crippen LogP contribution < -0.4 is 5.73 Å². The van der Waals surface area contributed by atoms with Crippen molar-refractivity contribution >= 4 is 21.8 Å². The molecule has 18 heavy (non-hydrogen) atoms. The summed E-state index contributed by atoms with van der Waals surface area (Å²) in [6.07, 6.45) is 0. The van der Waals surface area contributed by atoms with Gasteiger partial charge in [0.25, 0.3) is 0 Å². The second-order valence-electron chi connectivity index (χ2n) is 4.87. The Balaban J connectivity index is 2.74. The highest BCUT2D eigenvalue weighted by molar-refractivity contribution is 9.10. The van der Waals surface area contributed by atoms with Gasteiger partial charge in [0, 0.05) is 24.6 Å². The van der Waals surface area contributed by atoms with Crippen molar-refractivity contribution in [2.45, 2.75) is 20.4 Å². The van der Waals surface area contributed by atoms with Crippen molar-refractivity contribution in [2.75, 3.05) is 13.6 Å². The molecule has 4 heteroatoms. The van der Waals surface area contributed by atoms with Crippen molar-refractivity contribution < 1.29 is 4.79 Å². The largest absolute Gasteiger partial charge is 0.341 e. The van der Waals surface area contributed by atoms with Crippen molar-refractivity contribution in [3.63, 3.8) is 0 Å². The third kappa shape index (κ3) is 3.82. The minimum atomic E-state index is -0.0995. The van der Waals surface area contributed by atoms with Crippen LogP contribution in [0.3, 0.4) is 0 Å². The molecule has 100 valence electrons. The highest BCUT2D eigenvalue weighted by Gasteiger charge is 2.23. The van der Waals surface area contributed by atoms with E-state index in [2.05, 4.69) is 15.9 Å². The van der Waals surface area contributed by atoms with Crippen molar-refractivity contribution in [2.24, 2.45) is 17.6 Å². The van der Waals surface area contributed by atoms with E-state index in [1.54, 1.807) is 4.90 Å². The van der Waals surface area contributed by atoms with Crippen molar-refractivity contribution in [3.05, 3.63) is 34.3 Å². The smallest absolute Gasteiger partial charge is 0.227 e. The Hall–Kier alpha value is -0.870. The zero-order valence-corrected chi connectivity index (χ0v) is 12.8. The number of nitrogens with two attached hydrogens (primary N) is 1. The molecule has 1 atom stereocenters. The summed E-state index contributed by atoms with van der Waals surface area (Å²) in [5, 5.41) is 0. The van der Waals surface area contributed by atoms with Crippen LogP contribution in [0.25, 0.3) is 0 Å². The Kier molecular flexibility index (Phi) is 5.82. The number of carbonyl (C=O) groups is 1. The van der Waals surface area contributed by atoms with Gasteiger partial charge in [0.2, 0.25) is 5.91 Å².